The monoisotopic (exact) mass is 463 g/mol. The first-order valence-corrected chi connectivity index (χ1v) is 12.8. The second kappa shape index (κ2) is 8.27. The van der Waals surface area contributed by atoms with Gasteiger partial charge in [0.15, 0.2) is 11.5 Å². The molecule has 14 nitrogen and oxygen atoms in total. The standard InChI is InChI=1S/C9H16N5O9P3S/c1-6(2-14-4-13-7-8(10)11-3-12-9(7)14)21-5-24(15,27)22-26(19,20)23-25(16,17)18/h3-4,6H,2,5H2,1H3,(H,15,27)(H,19,20)(H2,10,11,12)(H2,16,17,18). The van der Waals surface area contributed by atoms with Gasteiger partial charge in [-0.05, 0) is 18.7 Å². The predicted molar refractivity (Wildman–Crippen MR) is 95.7 cm³/mol. The van der Waals surface area contributed by atoms with Crippen molar-refractivity contribution in [2.24, 2.45) is 0 Å². The Morgan fingerprint density at radius 3 is 2.52 bits per heavy atom. The van der Waals surface area contributed by atoms with Crippen molar-refractivity contribution in [2.75, 3.05) is 12.1 Å². The summed E-state index contributed by atoms with van der Waals surface area (Å²) in [7, 11) is -10.6. The molecule has 3 unspecified atom stereocenters. The van der Waals surface area contributed by atoms with Crippen LogP contribution in [0.5, 0.6) is 0 Å². The fourth-order valence-electron chi connectivity index (χ4n) is 1.92. The van der Waals surface area contributed by atoms with Crippen molar-refractivity contribution in [2.45, 2.75) is 19.6 Å². The van der Waals surface area contributed by atoms with E-state index in [1.54, 1.807) is 11.5 Å². The van der Waals surface area contributed by atoms with Crippen LogP contribution in [0.2, 0.25) is 0 Å². The lowest BCUT2D eigenvalue weighted by atomic mass is 10.4. The summed E-state index contributed by atoms with van der Waals surface area (Å²) in [5.74, 6) is 0.204. The Hall–Kier alpha value is -0.820. The zero-order chi connectivity index (χ0) is 20.5. The average molecular weight is 463 g/mol. The number of nitrogens with two attached hydrogens (primary N) is 1. The second-order valence-corrected chi connectivity index (χ2v) is 11.7. The Bertz CT molecular complexity index is 964. The highest BCUT2D eigenvalue weighted by Crippen LogP contribution is 2.66. The van der Waals surface area contributed by atoms with Crippen LogP contribution in [0.25, 0.3) is 11.2 Å². The minimum absolute atomic E-state index is 0.204. The van der Waals surface area contributed by atoms with Crippen molar-refractivity contribution in [3.8, 4) is 0 Å². The summed E-state index contributed by atoms with van der Waals surface area (Å²) in [5.41, 5.74) is 6.53. The molecule has 0 saturated carbocycles. The highest BCUT2D eigenvalue weighted by Gasteiger charge is 2.37. The number of rotatable bonds is 9. The second-order valence-electron chi connectivity index (χ2n) is 5.19. The molecule has 152 valence electrons. The predicted octanol–water partition coefficient (Wildman–Crippen LogP) is 0.299. The van der Waals surface area contributed by atoms with Crippen molar-refractivity contribution >= 4 is 50.9 Å². The Balaban J connectivity index is 1.96. The van der Waals surface area contributed by atoms with E-state index in [-0.39, 0.29) is 12.4 Å². The van der Waals surface area contributed by atoms with Crippen LogP contribution in [0, 0.1) is 0 Å². The van der Waals surface area contributed by atoms with E-state index in [2.05, 4.69) is 35.4 Å². The smallest absolute Gasteiger partial charge is 0.382 e. The minimum atomic E-state index is -5.33. The van der Waals surface area contributed by atoms with E-state index in [4.69, 9.17) is 20.3 Å². The lowest BCUT2D eigenvalue weighted by molar-refractivity contribution is 0.0812. The summed E-state index contributed by atoms with van der Waals surface area (Å²) in [4.78, 5) is 48.1. The van der Waals surface area contributed by atoms with Crippen molar-refractivity contribution < 1.29 is 42.1 Å². The van der Waals surface area contributed by atoms with Crippen molar-refractivity contribution in [1.82, 2.24) is 19.5 Å². The van der Waals surface area contributed by atoms with Gasteiger partial charge in [0.2, 0.25) is 6.49 Å². The number of aromatic nitrogens is 4. The maximum absolute atomic E-state index is 11.5. The molecule has 2 aromatic rings. The SMILES string of the molecule is CC(Cn1cnc2c(N)ncnc21)OCP(O)(=S)OP(=O)(O)OP(=O)(O)O. The van der Waals surface area contributed by atoms with Crippen LogP contribution in [-0.2, 0) is 40.8 Å². The summed E-state index contributed by atoms with van der Waals surface area (Å²) in [6, 6.07) is 0. The molecule has 2 aromatic heterocycles. The summed E-state index contributed by atoms with van der Waals surface area (Å²) in [5, 5.41) is 0. The fraction of sp³-hybridized carbons (Fsp3) is 0.444. The zero-order valence-electron chi connectivity index (χ0n) is 13.6. The minimum Gasteiger partial charge on any atom is -0.382 e. The molecule has 0 aliphatic heterocycles. The van der Waals surface area contributed by atoms with Gasteiger partial charge in [0.25, 0.3) is 0 Å². The van der Waals surface area contributed by atoms with E-state index >= 15 is 0 Å². The number of anilines is 1. The van der Waals surface area contributed by atoms with E-state index in [0.717, 1.165) is 0 Å². The van der Waals surface area contributed by atoms with Crippen LogP contribution in [0.3, 0.4) is 0 Å². The van der Waals surface area contributed by atoms with E-state index in [0.29, 0.717) is 11.2 Å². The Morgan fingerprint density at radius 2 is 1.89 bits per heavy atom. The molecule has 0 radical (unpaired) electrons. The average Bonchev–Trinajstić information content (AvgIpc) is 2.86. The number of nitrogen functional groups attached to an aromatic ring is 1. The molecule has 0 spiro atoms. The van der Waals surface area contributed by atoms with Gasteiger partial charge >= 0.3 is 15.6 Å². The number of phosphoric acid groups is 2. The summed E-state index contributed by atoms with van der Waals surface area (Å²) in [6.07, 6.45) is 1.46. The number of imidazole rings is 1. The fourth-order valence-corrected chi connectivity index (χ4v) is 6.24. The van der Waals surface area contributed by atoms with Crippen molar-refractivity contribution in [3.63, 3.8) is 0 Å². The molecule has 0 fully saturated rings. The maximum atomic E-state index is 11.5. The van der Waals surface area contributed by atoms with Gasteiger partial charge in [0.1, 0.15) is 18.2 Å². The van der Waals surface area contributed by atoms with Gasteiger partial charge in [-0.25, -0.2) is 28.4 Å². The van der Waals surface area contributed by atoms with Gasteiger partial charge in [-0.1, -0.05) is 0 Å². The maximum Gasteiger partial charge on any atom is 0.486 e. The van der Waals surface area contributed by atoms with E-state index < -0.39 is 34.6 Å². The highest BCUT2D eigenvalue weighted by atomic mass is 32.5. The third-order valence-corrected chi connectivity index (χ3v) is 7.76. The molecule has 2 rings (SSSR count). The molecule has 0 amide bonds. The Morgan fingerprint density at radius 1 is 1.22 bits per heavy atom. The first-order valence-electron chi connectivity index (χ1n) is 6.94. The number of ether oxygens (including phenoxy) is 1. The zero-order valence-corrected chi connectivity index (χ0v) is 17.1. The Labute approximate surface area is 157 Å². The van der Waals surface area contributed by atoms with Crippen LogP contribution < -0.4 is 5.73 Å². The van der Waals surface area contributed by atoms with Gasteiger partial charge in [-0.15, -0.1) is 0 Å². The number of hydrogen-bond donors (Lipinski definition) is 5. The first-order chi connectivity index (χ1) is 12.3. The molecule has 2 heterocycles. The van der Waals surface area contributed by atoms with Crippen LogP contribution in [0.1, 0.15) is 6.92 Å². The third-order valence-electron chi connectivity index (χ3n) is 2.85. The summed E-state index contributed by atoms with van der Waals surface area (Å²) in [6.45, 7) is -2.23. The van der Waals surface area contributed by atoms with Gasteiger partial charge < -0.3 is 34.6 Å². The third kappa shape index (κ3) is 6.93. The largest absolute Gasteiger partial charge is 0.486 e. The van der Waals surface area contributed by atoms with Gasteiger partial charge in [-0.3, -0.25) is 0 Å². The number of hydrogen-bond acceptors (Lipinski definition) is 10. The van der Waals surface area contributed by atoms with Gasteiger partial charge in [0, 0.05) is 0 Å². The molecule has 0 bridgehead atoms. The molecule has 18 heteroatoms. The normalized spacial score (nSPS) is 18.1. The molecule has 3 atom stereocenters. The molecular weight excluding hydrogens is 447 g/mol. The molecule has 0 aliphatic rings. The lowest BCUT2D eigenvalue weighted by Crippen LogP contribution is -2.17. The molecule has 27 heavy (non-hydrogen) atoms. The highest BCUT2D eigenvalue weighted by molar-refractivity contribution is 8.10. The van der Waals surface area contributed by atoms with Crippen molar-refractivity contribution in [3.05, 3.63) is 12.7 Å². The molecule has 0 aromatic carbocycles. The Kier molecular flexibility index (Phi) is 6.89. The molecule has 6 N–H and O–H groups in total. The molecular formula is C9H16N5O9P3S. The van der Waals surface area contributed by atoms with Crippen LogP contribution >= 0.6 is 22.1 Å². The summed E-state index contributed by atoms with van der Waals surface area (Å²) >= 11 is 4.64. The molecule has 0 aliphatic carbocycles. The number of nitrogens with zero attached hydrogens (tertiary/aromatic N) is 4. The topological polar surface area (TPSA) is 212 Å². The lowest BCUT2D eigenvalue weighted by Gasteiger charge is -2.21. The van der Waals surface area contributed by atoms with Crippen LogP contribution in [-0.4, -0.2) is 51.5 Å². The molecule has 0 saturated heterocycles. The van der Waals surface area contributed by atoms with Gasteiger partial charge in [-0.2, -0.15) is 4.31 Å². The van der Waals surface area contributed by atoms with Crippen LogP contribution in [0.4, 0.5) is 5.82 Å². The first kappa shape index (κ1) is 22.5. The van der Waals surface area contributed by atoms with E-state index in [1.165, 1.54) is 12.7 Å². The van der Waals surface area contributed by atoms with Crippen LogP contribution in [0.15, 0.2) is 12.7 Å². The quantitative estimate of drug-likeness (QED) is 0.317. The summed E-state index contributed by atoms with van der Waals surface area (Å²) < 4.78 is 36.8. The van der Waals surface area contributed by atoms with Crippen molar-refractivity contribution in [1.29, 1.82) is 0 Å². The van der Waals surface area contributed by atoms with E-state index in [9.17, 15) is 18.9 Å². The number of fused-ring (bicyclic) bond motifs is 1. The van der Waals surface area contributed by atoms with E-state index in [1.807, 2.05) is 0 Å². The van der Waals surface area contributed by atoms with Gasteiger partial charge in [0.05, 0.1) is 19.0 Å².